The maximum Gasteiger partial charge on any atom is 0.0624 e. The van der Waals surface area contributed by atoms with E-state index in [0.29, 0.717) is 6.04 Å². The summed E-state index contributed by atoms with van der Waals surface area (Å²) in [6, 6.07) is 0.467. The van der Waals surface area contributed by atoms with Gasteiger partial charge in [-0.25, -0.2) is 0 Å². The normalized spacial score (nSPS) is 14.1. The topological polar surface area (TPSA) is 21.3 Å². The fraction of sp³-hybridized carbons (Fsp3) is 1.00. The summed E-state index contributed by atoms with van der Waals surface area (Å²) in [5.74, 6) is 0. The second kappa shape index (κ2) is 9.00. The third-order valence-electron chi connectivity index (χ3n) is 2.86. The molecule has 0 radical (unpaired) electrons. The first-order valence-electron chi connectivity index (χ1n) is 6.83. The number of hydrogen-bond donors (Lipinski definition) is 1. The number of ether oxygens (including phenoxy) is 1. The molecule has 1 N–H and O–H groups in total. The molecule has 0 aromatic heterocycles. The van der Waals surface area contributed by atoms with E-state index in [4.69, 9.17) is 4.74 Å². The Balaban J connectivity index is 3.75. The summed E-state index contributed by atoms with van der Waals surface area (Å²) >= 11 is 0. The zero-order chi connectivity index (χ0) is 12.4. The van der Waals surface area contributed by atoms with Gasteiger partial charge >= 0.3 is 0 Å². The molecule has 0 fully saturated rings. The van der Waals surface area contributed by atoms with Crippen molar-refractivity contribution in [3.05, 3.63) is 0 Å². The Morgan fingerprint density at radius 2 is 1.75 bits per heavy atom. The summed E-state index contributed by atoms with van der Waals surface area (Å²) in [6.45, 7) is 14.1. The van der Waals surface area contributed by atoms with Gasteiger partial charge in [0.05, 0.1) is 6.61 Å². The molecule has 0 aromatic carbocycles. The van der Waals surface area contributed by atoms with Crippen molar-refractivity contribution in [2.24, 2.45) is 5.41 Å². The average Bonchev–Trinajstić information content (AvgIpc) is 2.20. The van der Waals surface area contributed by atoms with Crippen molar-refractivity contribution < 1.29 is 4.74 Å². The number of unbranched alkanes of at least 4 members (excludes halogenated alkanes) is 2. The molecule has 0 amide bonds. The van der Waals surface area contributed by atoms with Crippen LogP contribution in [0.3, 0.4) is 0 Å². The second-order valence-corrected chi connectivity index (χ2v) is 5.65. The maximum atomic E-state index is 5.76. The zero-order valence-electron chi connectivity index (χ0n) is 11.9. The molecule has 0 rings (SSSR count). The van der Waals surface area contributed by atoms with Crippen LogP contribution in [0.1, 0.15) is 60.3 Å². The van der Waals surface area contributed by atoms with Crippen LogP contribution in [0.2, 0.25) is 0 Å². The lowest BCUT2D eigenvalue weighted by molar-refractivity contribution is 0.0733. The molecule has 1 unspecified atom stereocenters. The molecule has 0 aromatic rings. The van der Waals surface area contributed by atoms with Crippen molar-refractivity contribution in [3.63, 3.8) is 0 Å². The molecule has 1 atom stereocenters. The standard InChI is InChI=1S/C14H31NO/c1-6-8-9-11-16-12-13(14(3,4)5)15-10-7-2/h13,15H,6-12H2,1-5H3. The summed E-state index contributed by atoms with van der Waals surface area (Å²) in [5.41, 5.74) is 0.278. The van der Waals surface area contributed by atoms with Crippen molar-refractivity contribution in [1.29, 1.82) is 0 Å². The molecule has 16 heavy (non-hydrogen) atoms. The number of hydrogen-bond acceptors (Lipinski definition) is 2. The summed E-state index contributed by atoms with van der Waals surface area (Å²) < 4.78 is 5.76. The van der Waals surface area contributed by atoms with Crippen molar-refractivity contribution >= 4 is 0 Å². The van der Waals surface area contributed by atoms with E-state index in [1.807, 2.05) is 0 Å². The molecule has 0 saturated heterocycles. The highest BCUT2D eigenvalue weighted by molar-refractivity contribution is 4.79. The minimum atomic E-state index is 0.278. The highest BCUT2D eigenvalue weighted by atomic mass is 16.5. The smallest absolute Gasteiger partial charge is 0.0624 e. The Morgan fingerprint density at radius 3 is 2.25 bits per heavy atom. The number of nitrogens with one attached hydrogen (secondary N) is 1. The van der Waals surface area contributed by atoms with E-state index < -0.39 is 0 Å². The largest absolute Gasteiger partial charge is 0.380 e. The van der Waals surface area contributed by atoms with Crippen molar-refractivity contribution in [1.82, 2.24) is 5.32 Å². The Hall–Kier alpha value is -0.0800. The van der Waals surface area contributed by atoms with Crippen LogP contribution in [0.5, 0.6) is 0 Å². The highest BCUT2D eigenvalue weighted by Gasteiger charge is 2.23. The maximum absolute atomic E-state index is 5.76. The predicted molar refractivity (Wildman–Crippen MR) is 71.9 cm³/mol. The molecule has 0 aliphatic heterocycles. The first kappa shape index (κ1) is 15.9. The molecule has 0 aliphatic rings. The number of rotatable bonds is 9. The lowest BCUT2D eigenvalue weighted by Crippen LogP contribution is -2.44. The minimum Gasteiger partial charge on any atom is -0.380 e. The molecular weight excluding hydrogens is 198 g/mol. The van der Waals surface area contributed by atoms with Gasteiger partial charge in [0, 0.05) is 12.6 Å². The fourth-order valence-corrected chi connectivity index (χ4v) is 1.59. The van der Waals surface area contributed by atoms with Crippen molar-refractivity contribution in [2.75, 3.05) is 19.8 Å². The molecule has 0 heterocycles. The lowest BCUT2D eigenvalue weighted by atomic mass is 9.87. The van der Waals surface area contributed by atoms with Gasteiger partial charge in [-0.2, -0.15) is 0 Å². The van der Waals surface area contributed by atoms with Gasteiger partial charge in [0.15, 0.2) is 0 Å². The molecule has 0 spiro atoms. The van der Waals surface area contributed by atoms with E-state index in [2.05, 4.69) is 39.9 Å². The van der Waals surface area contributed by atoms with E-state index in [1.165, 1.54) is 25.7 Å². The Kier molecular flexibility index (Phi) is 8.96. The van der Waals surface area contributed by atoms with Crippen molar-refractivity contribution in [3.8, 4) is 0 Å². The van der Waals surface area contributed by atoms with E-state index >= 15 is 0 Å². The Morgan fingerprint density at radius 1 is 1.06 bits per heavy atom. The van der Waals surface area contributed by atoms with E-state index in [0.717, 1.165) is 19.8 Å². The predicted octanol–water partition coefficient (Wildman–Crippen LogP) is 3.61. The monoisotopic (exact) mass is 229 g/mol. The van der Waals surface area contributed by atoms with Gasteiger partial charge in [0.2, 0.25) is 0 Å². The zero-order valence-corrected chi connectivity index (χ0v) is 11.9. The van der Waals surface area contributed by atoms with Crippen LogP contribution in [0, 0.1) is 5.41 Å². The van der Waals surface area contributed by atoms with Gasteiger partial charge in [0.25, 0.3) is 0 Å². The summed E-state index contributed by atoms with van der Waals surface area (Å²) in [4.78, 5) is 0. The molecule has 2 heteroatoms. The molecular formula is C14H31NO. The van der Waals surface area contributed by atoms with E-state index in [-0.39, 0.29) is 5.41 Å². The Bertz CT molecular complexity index is 151. The van der Waals surface area contributed by atoms with Crippen LogP contribution in [0.15, 0.2) is 0 Å². The molecule has 0 saturated carbocycles. The third kappa shape index (κ3) is 8.12. The molecule has 98 valence electrons. The molecule has 0 bridgehead atoms. The second-order valence-electron chi connectivity index (χ2n) is 5.65. The first-order valence-corrected chi connectivity index (χ1v) is 6.83. The van der Waals surface area contributed by atoms with Crippen LogP contribution in [0.25, 0.3) is 0 Å². The van der Waals surface area contributed by atoms with Crippen LogP contribution in [-0.2, 0) is 4.74 Å². The van der Waals surface area contributed by atoms with Gasteiger partial charge in [0.1, 0.15) is 0 Å². The fourth-order valence-electron chi connectivity index (χ4n) is 1.59. The lowest BCUT2D eigenvalue weighted by Gasteiger charge is -2.31. The molecule has 2 nitrogen and oxygen atoms in total. The summed E-state index contributed by atoms with van der Waals surface area (Å²) in [6.07, 6.45) is 4.92. The average molecular weight is 229 g/mol. The minimum absolute atomic E-state index is 0.278. The summed E-state index contributed by atoms with van der Waals surface area (Å²) in [5, 5.41) is 3.58. The van der Waals surface area contributed by atoms with Crippen LogP contribution < -0.4 is 5.32 Å². The van der Waals surface area contributed by atoms with Crippen LogP contribution in [-0.4, -0.2) is 25.8 Å². The first-order chi connectivity index (χ1) is 7.52. The van der Waals surface area contributed by atoms with Gasteiger partial charge in [-0.1, -0.05) is 47.5 Å². The molecule has 0 aliphatic carbocycles. The quantitative estimate of drug-likeness (QED) is 0.610. The highest BCUT2D eigenvalue weighted by Crippen LogP contribution is 2.19. The summed E-state index contributed by atoms with van der Waals surface area (Å²) in [7, 11) is 0. The van der Waals surface area contributed by atoms with Crippen molar-refractivity contribution in [2.45, 2.75) is 66.3 Å². The van der Waals surface area contributed by atoms with E-state index in [9.17, 15) is 0 Å². The van der Waals surface area contributed by atoms with Gasteiger partial charge in [-0.15, -0.1) is 0 Å². The van der Waals surface area contributed by atoms with Gasteiger partial charge in [-0.05, 0) is 24.8 Å². The van der Waals surface area contributed by atoms with E-state index in [1.54, 1.807) is 0 Å². The van der Waals surface area contributed by atoms with Gasteiger partial charge < -0.3 is 10.1 Å². The Labute approximate surface area is 102 Å². The van der Waals surface area contributed by atoms with Gasteiger partial charge in [-0.3, -0.25) is 0 Å². The van der Waals surface area contributed by atoms with Crippen LogP contribution >= 0.6 is 0 Å². The van der Waals surface area contributed by atoms with Crippen LogP contribution in [0.4, 0.5) is 0 Å². The third-order valence-corrected chi connectivity index (χ3v) is 2.86. The SMILES string of the molecule is CCCCCOCC(NCCC)C(C)(C)C.